The maximum absolute atomic E-state index is 12.2. The number of nitrogens with two attached hydrogens (primary N) is 1. The maximum atomic E-state index is 12.2. The van der Waals surface area contributed by atoms with Crippen LogP contribution < -0.4 is 11.1 Å². The quantitative estimate of drug-likeness (QED) is 0.820. The first-order chi connectivity index (χ1) is 10.1. The van der Waals surface area contributed by atoms with Crippen molar-refractivity contribution >= 4 is 11.9 Å². The van der Waals surface area contributed by atoms with Gasteiger partial charge < -0.3 is 15.8 Å². The third-order valence-electron chi connectivity index (χ3n) is 3.51. The average Bonchev–Trinajstić information content (AvgIpc) is 2.49. The minimum Gasteiger partial charge on any atom is -0.464 e. The molecule has 5 heteroatoms. The molecule has 0 bridgehead atoms. The molecule has 0 heterocycles. The number of rotatable bonds is 3. The molecule has 3 N–H and O–H groups in total. The van der Waals surface area contributed by atoms with Crippen LogP contribution in [0.5, 0.6) is 0 Å². The van der Waals surface area contributed by atoms with Crippen molar-refractivity contribution in [2.45, 2.75) is 38.6 Å². The van der Waals surface area contributed by atoms with Gasteiger partial charge in [0.05, 0.1) is 6.61 Å². The third-order valence-corrected chi connectivity index (χ3v) is 3.51. The highest BCUT2D eigenvalue weighted by molar-refractivity contribution is 5.88. The van der Waals surface area contributed by atoms with Gasteiger partial charge in [0.15, 0.2) is 0 Å². The summed E-state index contributed by atoms with van der Waals surface area (Å²) in [6.07, 6.45) is 1.86. The fraction of sp³-hybridized carbons (Fsp3) is 0.500. The van der Waals surface area contributed by atoms with Gasteiger partial charge in [0.1, 0.15) is 5.54 Å². The summed E-state index contributed by atoms with van der Waals surface area (Å²) < 4.78 is 5.15. The van der Waals surface area contributed by atoms with Crippen LogP contribution >= 0.6 is 0 Å². The second-order valence-electron chi connectivity index (χ2n) is 4.93. The standard InChI is InChI=1S/C15H19NO3.CH5N/c1-3-19-14(18)15(16-11(2)17)9-8-12-6-4-5-7-13(12)10-15;1-2/h4-7H,3,8-10H2,1-2H3,(H,16,17);2H2,1H3. The molecule has 0 aromatic heterocycles. The van der Waals surface area contributed by atoms with E-state index in [9.17, 15) is 9.59 Å². The minimum absolute atomic E-state index is 0.201. The van der Waals surface area contributed by atoms with Crippen molar-refractivity contribution < 1.29 is 14.3 Å². The first-order valence-electron chi connectivity index (χ1n) is 7.18. The second kappa shape index (κ2) is 7.78. The Balaban J connectivity index is 0.00000106. The number of hydrogen-bond donors (Lipinski definition) is 2. The number of fused-ring (bicyclic) bond motifs is 1. The van der Waals surface area contributed by atoms with Gasteiger partial charge in [0, 0.05) is 13.3 Å². The van der Waals surface area contributed by atoms with E-state index in [2.05, 4.69) is 17.1 Å². The molecule has 0 fully saturated rings. The van der Waals surface area contributed by atoms with Crippen molar-refractivity contribution in [2.75, 3.05) is 13.7 Å². The third kappa shape index (κ3) is 4.04. The van der Waals surface area contributed by atoms with Gasteiger partial charge in [-0.1, -0.05) is 24.3 Å². The zero-order chi connectivity index (χ0) is 15.9. The van der Waals surface area contributed by atoms with Crippen LogP contribution in [0.25, 0.3) is 0 Å². The molecule has 0 saturated heterocycles. The zero-order valence-electron chi connectivity index (χ0n) is 12.9. The van der Waals surface area contributed by atoms with Gasteiger partial charge in [-0.3, -0.25) is 4.79 Å². The molecule has 2 rings (SSSR count). The summed E-state index contributed by atoms with van der Waals surface area (Å²) in [4.78, 5) is 23.6. The van der Waals surface area contributed by atoms with Crippen molar-refractivity contribution in [1.29, 1.82) is 0 Å². The largest absolute Gasteiger partial charge is 0.464 e. The highest BCUT2D eigenvalue weighted by Crippen LogP contribution is 2.30. The van der Waals surface area contributed by atoms with Gasteiger partial charge >= 0.3 is 5.97 Å². The summed E-state index contributed by atoms with van der Waals surface area (Å²) in [6.45, 7) is 3.53. The van der Waals surface area contributed by atoms with E-state index in [1.807, 2.05) is 18.2 Å². The predicted octanol–water partition coefficient (Wildman–Crippen LogP) is 1.19. The van der Waals surface area contributed by atoms with Crippen molar-refractivity contribution in [3.63, 3.8) is 0 Å². The average molecular weight is 292 g/mol. The van der Waals surface area contributed by atoms with Gasteiger partial charge in [-0.25, -0.2) is 4.79 Å². The summed E-state index contributed by atoms with van der Waals surface area (Å²) in [7, 11) is 1.50. The van der Waals surface area contributed by atoms with Crippen LogP contribution in [0.2, 0.25) is 0 Å². The lowest BCUT2D eigenvalue weighted by molar-refractivity contribution is -0.153. The van der Waals surface area contributed by atoms with Gasteiger partial charge in [0.25, 0.3) is 0 Å². The summed E-state index contributed by atoms with van der Waals surface area (Å²) >= 11 is 0. The molecule has 116 valence electrons. The van der Waals surface area contributed by atoms with E-state index in [4.69, 9.17) is 4.74 Å². The molecule has 1 aliphatic rings. The fourth-order valence-electron chi connectivity index (χ4n) is 2.67. The molecular formula is C16H24N2O3. The Morgan fingerprint density at radius 2 is 1.90 bits per heavy atom. The number of carbonyl (C=O) groups excluding carboxylic acids is 2. The van der Waals surface area contributed by atoms with Crippen molar-refractivity contribution in [3.05, 3.63) is 35.4 Å². The van der Waals surface area contributed by atoms with Gasteiger partial charge in [-0.05, 0) is 37.9 Å². The lowest BCUT2D eigenvalue weighted by atomic mass is 9.78. The Kier molecular flexibility index (Phi) is 6.37. The van der Waals surface area contributed by atoms with Gasteiger partial charge in [0.2, 0.25) is 5.91 Å². The molecule has 1 amide bonds. The number of amides is 1. The molecule has 0 aliphatic heterocycles. The summed E-state index contributed by atoms with van der Waals surface area (Å²) in [5.74, 6) is -0.535. The smallest absolute Gasteiger partial charge is 0.332 e. The summed E-state index contributed by atoms with van der Waals surface area (Å²) in [5, 5.41) is 2.81. The molecule has 1 aromatic rings. The molecule has 1 atom stereocenters. The molecule has 5 nitrogen and oxygen atoms in total. The second-order valence-corrected chi connectivity index (χ2v) is 4.93. The van der Waals surface area contributed by atoms with Crippen molar-refractivity contribution in [1.82, 2.24) is 5.32 Å². The molecule has 0 radical (unpaired) electrons. The highest BCUT2D eigenvalue weighted by Gasteiger charge is 2.43. The Labute approximate surface area is 125 Å². The van der Waals surface area contributed by atoms with E-state index in [-0.39, 0.29) is 11.9 Å². The maximum Gasteiger partial charge on any atom is 0.332 e. The van der Waals surface area contributed by atoms with E-state index in [0.717, 1.165) is 12.0 Å². The SMILES string of the molecule is CCOC(=O)C1(NC(C)=O)CCc2ccccc2C1.CN. The summed E-state index contributed by atoms with van der Waals surface area (Å²) in [6, 6.07) is 8.02. The molecule has 1 aliphatic carbocycles. The summed E-state index contributed by atoms with van der Waals surface area (Å²) in [5.41, 5.74) is 5.94. The number of benzene rings is 1. The highest BCUT2D eigenvalue weighted by atomic mass is 16.5. The van der Waals surface area contributed by atoms with Gasteiger partial charge in [-0.2, -0.15) is 0 Å². The van der Waals surface area contributed by atoms with E-state index in [0.29, 0.717) is 19.4 Å². The van der Waals surface area contributed by atoms with E-state index in [1.165, 1.54) is 19.5 Å². The zero-order valence-corrected chi connectivity index (χ0v) is 12.9. The number of esters is 1. The van der Waals surface area contributed by atoms with Crippen LogP contribution in [0.1, 0.15) is 31.4 Å². The van der Waals surface area contributed by atoms with Crippen molar-refractivity contribution in [3.8, 4) is 0 Å². The first-order valence-corrected chi connectivity index (χ1v) is 7.18. The number of carbonyl (C=O) groups is 2. The fourth-order valence-corrected chi connectivity index (χ4v) is 2.67. The monoisotopic (exact) mass is 292 g/mol. The molecular weight excluding hydrogens is 268 g/mol. The minimum atomic E-state index is -0.907. The lowest BCUT2D eigenvalue weighted by Gasteiger charge is -2.36. The number of ether oxygens (including phenoxy) is 1. The lowest BCUT2D eigenvalue weighted by Crippen LogP contribution is -2.58. The van der Waals surface area contributed by atoms with Crippen LogP contribution in [0.3, 0.4) is 0 Å². The topological polar surface area (TPSA) is 81.4 Å². The van der Waals surface area contributed by atoms with Crippen LogP contribution in [-0.2, 0) is 27.2 Å². The van der Waals surface area contributed by atoms with Crippen LogP contribution in [0, 0.1) is 0 Å². The van der Waals surface area contributed by atoms with Gasteiger partial charge in [-0.15, -0.1) is 0 Å². The van der Waals surface area contributed by atoms with E-state index >= 15 is 0 Å². The Bertz CT molecular complexity index is 502. The number of hydrogen-bond acceptors (Lipinski definition) is 4. The van der Waals surface area contributed by atoms with Crippen LogP contribution in [-0.4, -0.2) is 31.1 Å². The number of aryl methyl sites for hydroxylation is 1. The molecule has 21 heavy (non-hydrogen) atoms. The Morgan fingerprint density at radius 3 is 2.48 bits per heavy atom. The van der Waals surface area contributed by atoms with Crippen LogP contribution in [0.15, 0.2) is 24.3 Å². The first kappa shape index (κ1) is 17.2. The Hall–Kier alpha value is -1.88. The Morgan fingerprint density at radius 1 is 1.29 bits per heavy atom. The number of nitrogens with one attached hydrogen (secondary N) is 1. The van der Waals surface area contributed by atoms with E-state index in [1.54, 1.807) is 6.92 Å². The normalized spacial score (nSPS) is 19.6. The molecule has 1 aromatic carbocycles. The van der Waals surface area contributed by atoms with Crippen molar-refractivity contribution in [2.24, 2.45) is 5.73 Å². The van der Waals surface area contributed by atoms with E-state index < -0.39 is 5.54 Å². The van der Waals surface area contributed by atoms with Crippen LogP contribution in [0.4, 0.5) is 0 Å². The predicted molar refractivity (Wildman–Crippen MR) is 81.8 cm³/mol. The molecule has 1 unspecified atom stereocenters. The molecule has 0 spiro atoms. The molecule has 0 saturated carbocycles.